The van der Waals surface area contributed by atoms with Gasteiger partial charge in [-0.1, -0.05) is 44.0 Å². The van der Waals surface area contributed by atoms with Crippen molar-refractivity contribution in [1.29, 1.82) is 0 Å². The van der Waals surface area contributed by atoms with E-state index in [4.69, 9.17) is 17.2 Å². The summed E-state index contributed by atoms with van der Waals surface area (Å²) in [5.74, 6) is 0. The molecule has 33 heavy (non-hydrogen) atoms. The van der Waals surface area contributed by atoms with Crippen LogP contribution in [0, 0.1) is 20.8 Å². The van der Waals surface area contributed by atoms with Crippen LogP contribution in [0.25, 0.3) is 5.69 Å². The molecule has 2 atom stereocenters. The lowest BCUT2D eigenvalue weighted by atomic mass is 9.95. The molecule has 3 aromatic rings. The minimum atomic E-state index is 0.0516. The minimum absolute atomic E-state index is 0.0516. The number of benzene rings is 1. The smallest absolute Gasteiger partial charge is 0.170 e. The largest absolute Gasteiger partial charge is 0.352 e. The van der Waals surface area contributed by atoms with Crippen LogP contribution in [0.5, 0.6) is 0 Å². The Balaban J connectivity index is 1.67. The predicted molar refractivity (Wildman–Crippen MR) is 139 cm³/mol. The zero-order valence-corrected chi connectivity index (χ0v) is 21.0. The van der Waals surface area contributed by atoms with E-state index in [-0.39, 0.29) is 12.1 Å². The number of rotatable bonds is 5. The number of nitrogens with one attached hydrogen (secondary N) is 1. The van der Waals surface area contributed by atoms with Crippen LogP contribution in [0.1, 0.15) is 78.5 Å². The number of nitrogens with zero attached hydrogens (tertiary/aromatic N) is 3. The first kappa shape index (κ1) is 22.1. The molecule has 2 aromatic heterocycles. The highest BCUT2D eigenvalue weighted by molar-refractivity contribution is 7.80. The van der Waals surface area contributed by atoms with Gasteiger partial charge in [0.05, 0.1) is 23.5 Å². The Kier molecular flexibility index (Phi) is 6.00. The van der Waals surface area contributed by atoms with Crippen molar-refractivity contribution in [1.82, 2.24) is 19.8 Å². The topological polar surface area (TPSA) is 33.1 Å². The van der Waals surface area contributed by atoms with Crippen molar-refractivity contribution in [3.05, 3.63) is 82.4 Å². The van der Waals surface area contributed by atoms with Crippen LogP contribution in [0.2, 0.25) is 0 Å². The normalized spacial score (nSPS) is 21.1. The predicted octanol–water partition coefficient (Wildman–Crippen LogP) is 6.28. The molecule has 2 fully saturated rings. The Hall–Kier alpha value is -2.66. The molecule has 1 aromatic carbocycles. The molecule has 3 heterocycles. The summed E-state index contributed by atoms with van der Waals surface area (Å²) in [4.78, 5) is 7.24. The maximum absolute atomic E-state index is 5.95. The second-order valence-electron chi connectivity index (χ2n) is 9.57. The summed E-state index contributed by atoms with van der Waals surface area (Å²) in [6, 6.07) is 15.9. The summed E-state index contributed by atoms with van der Waals surface area (Å²) in [7, 11) is 0. The van der Waals surface area contributed by atoms with E-state index in [1.807, 2.05) is 12.3 Å². The monoisotopic (exact) mass is 458 g/mol. The van der Waals surface area contributed by atoms with Crippen LogP contribution in [-0.2, 0) is 6.42 Å². The van der Waals surface area contributed by atoms with Crippen LogP contribution in [0.15, 0.2) is 48.7 Å². The molecule has 0 bridgehead atoms. The average molecular weight is 459 g/mol. The number of aromatic nitrogens is 2. The lowest BCUT2D eigenvalue weighted by Crippen LogP contribution is -2.37. The number of pyridine rings is 1. The molecule has 1 aliphatic heterocycles. The molecule has 0 unspecified atom stereocenters. The standard InChI is InChI=1S/C28H34N4S/c1-5-21-12-10-11-18(2)26(21)31-19(3)17-23(20(31)4)27-25(24-15-8-9-16-29-24)30-28(33)32(27)22-13-6-7-14-22/h8-12,15-17,22,25,27H,5-7,13-14H2,1-4H3,(H,30,33)/t25-,27+/m0/s1. The zero-order chi connectivity index (χ0) is 23.1. The van der Waals surface area contributed by atoms with Gasteiger partial charge in [-0.05, 0) is 87.1 Å². The minimum Gasteiger partial charge on any atom is -0.352 e. The van der Waals surface area contributed by atoms with Gasteiger partial charge in [-0.15, -0.1) is 0 Å². The van der Waals surface area contributed by atoms with Crippen molar-refractivity contribution in [2.24, 2.45) is 0 Å². The molecule has 5 rings (SSSR count). The summed E-state index contributed by atoms with van der Waals surface area (Å²) in [6.07, 6.45) is 7.90. The molecule has 1 saturated carbocycles. The molecule has 1 N–H and O–H groups in total. The van der Waals surface area contributed by atoms with Gasteiger partial charge in [0, 0.05) is 23.6 Å². The number of hydrogen-bond donors (Lipinski definition) is 1. The van der Waals surface area contributed by atoms with Crippen LogP contribution < -0.4 is 5.32 Å². The van der Waals surface area contributed by atoms with Crippen molar-refractivity contribution < 1.29 is 0 Å². The van der Waals surface area contributed by atoms with Gasteiger partial charge in [0.25, 0.3) is 0 Å². The number of para-hydroxylation sites is 1. The van der Waals surface area contributed by atoms with Crippen molar-refractivity contribution in [3.8, 4) is 5.69 Å². The molecule has 1 aliphatic carbocycles. The fourth-order valence-corrected chi connectivity index (χ4v) is 6.42. The summed E-state index contributed by atoms with van der Waals surface area (Å²) in [5.41, 5.74) is 9.02. The third-order valence-corrected chi connectivity index (χ3v) is 7.90. The van der Waals surface area contributed by atoms with Crippen molar-refractivity contribution in [2.75, 3.05) is 0 Å². The van der Waals surface area contributed by atoms with E-state index in [1.54, 1.807) is 0 Å². The zero-order valence-electron chi connectivity index (χ0n) is 20.1. The van der Waals surface area contributed by atoms with Crippen LogP contribution >= 0.6 is 12.2 Å². The second kappa shape index (κ2) is 8.94. The maximum atomic E-state index is 5.95. The van der Waals surface area contributed by atoms with Gasteiger partial charge in [-0.3, -0.25) is 4.98 Å². The van der Waals surface area contributed by atoms with Gasteiger partial charge in [-0.2, -0.15) is 0 Å². The fraction of sp³-hybridized carbons (Fsp3) is 0.429. The van der Waals surface area contributed by atoms with Crippen LogP contribution in [-0.4, -0.2) is 25.6 Å². The van der Waals surface area contributed by atoms with E-state index in [0.29, 0.717) is 6.04 Å². The summed E-state index contributed by atoms with van der Waals surface area (Å²) in [6.45, 7) is 8.98. The molecule has 0 amide bonds. The van der Waals surface area contributed by atoms with Gasteiger partial charge in [0.1, 0.15) is 0 Å². The highest BCUT2D eigenvalue weighted by Gasteiger charge is 2.44. The lowest BCUT2D eigenvalue weighted by molar-refractivity contribution is 0.245. The van der Waals surface area contributed by atoms with Gasteiger partial charge in [0.15, 0.2) is 5.11 Å². The summed E-state index contributed by atoms with van der Waals surface area (Å²) in [5, 5.41) is 4.53. The lowest BCUT2D eigenvalue weighted by Gasteiger charge is -2.33. The summed E-state index contributed by atoms with van der Waals surface area (Å²) < 4.78 is 2.47. The third kappa shape index (κ3) is 3.76. The Morgan fingerprint density at radius 2 is 1.85 bits per heavy atom. The SMILES string of the molecule is CCc1cccc(C)c1-n1c(C)cc([C@@H]2[C@H](c3ccccn3)NC(=S)N2C2CCCC2)c1C. The molecular weight excluding hydrogens is 424 g/mol. The Bertz CT molecular complexity index is 1160. The highest BCUT2D eigenvalue weighted by atomic mass is 32.1. The molecule has 4 nitrogen and oxygen atoms in total. The molecule has 0 spiro atoms. The first-order valence-electron chi connectivity index (χ1n) is 12.3. The first-order chi connectivity index (χ1) is 16.0. The Labute approximate surface area is 203 Å². The quantitative estimate of drug-likeness (QED) is 0.457. The van der Waals surface area contributed by atoms with Gasteiger partial charge < -0.3 is 14.8 Å². The average Bonchev–Trinajstić information content (AvgIpc) is 3.52. The van der Waals surface area contributed by atoms with E-state index in [9.17, 15) is 0 Å². The number of thiocarbonyl (C=S) groups is 1. The molecule has 1 saturated heterocycles. The third-order valence-electron chi connectivity index (χ3n) is 7.57. The van der Waals surface area contributed by atoms with Crippen molar-refractivity contribution >= 4 is 17.3 Å². The molecule has 2 aliphatic rings. The number of hydrogen-bond acceptors (Lipinski definition) is 2. The van der Waals surface area contributed by atoms with E-state index in [2.05, 4.69) is 78.9 Å². The second-order valence-corrected chi connectivity index (χ2v) is 9.96. The Morgan fingerprint density at radius 1 is 1.06 bits per heavy atom. The Morgan fingerprint density at radius 3 is 2.55 bits per heavy atom. The van der Waals surface area contributed by atoms with E-state index >= 15 is 0 Å². The van der Waals surface area contributed by atoms with E-state index < -0.39 is 0 Å². The van der Waals surface area contributed by atoms with Gasteiger partial charge >= 0.3 is 0 Å². The molecule has 5 heteroatoms. The fourth-order valence-electron chi connectivity index (χ4n) is 6.03. The summed E-state index contributed by atoms with van der Waals surface area (Å²) >= 11 is 5.95. The maximum Gasteiger partial charge on any atom is 0.170 e. The highest BCUT2D eigenvalue weighted by Crippen LogP contribution is 2.45. The molecule has 172 valence electrons. The number of aryl methyl sites for hydroxylation is 3. The van der Waals surface area contributed by atoms with Crippen molar-refractivity contribution in [2.45, 2.75) is 77.9 Å². The first-order valence-corrected chi connectivity index (χ1v) is 12.7. The van der Waals surface area contributed by atoms with Gasteiger partial charge in [0.2, 0.25) is 0 Å². The molecule has 0 radical (unpaired) electrons. The van der Waals surface area contributed by atoms with E-state index in [0.717, 1.165) is 17.2 Å². The van der Waals surface area contributed by atoms with Crippen LogP contribution in [0.4, 0.5) is 0 Å². The van der Waals surface area contributed by atoms with Crippen LogP contribution in [0.3, 0.4) is 0 Å². The molecular formula is C28H34N4S. The van der Waals surface area contributed by atoms with Crippen molar-refractivity contribution in [3.63, 3.8) is 0 Å². The van der Waals surface area contributed by atoms with Gasteiger partial charge in [-0.25, -0.2) is 0 Å². The van der Waals surface area contributed by atoms with E-state index in [1.165, 1.54) is 59.4 Å².